The number of ether oxygens (including phenoxy) is 1. The van der Waals surface area contributed by atoms with E-state index >= 15 is 0 Å². The number of hydrogen-bond acceptors (Lipinski definition) is 2. The lowest BCUT2D eigenvalue weighted by Gasteiger charge is -2.08. The fourth-order valence-corrected chi connectivity index (χ4v) is 2.22. The molecule has 0 aromatic heterocycles. The molecule has 104 valence electrons. The summed E-state index contributed by atoms with van der Waals surface area (Å²) in [4.78, 5) is 12.0. The molecule has 0 aliphatic carbocycles. The fourth-order valence-electron chi connectivity index (χ4n) is 1.69. The van der Waals surface area contributed by atoms with Crippen molar-refractivity contribution in [2.45, 2.75) is 6.54 Å². The standard InChI is InChI=1S/C15H13BrClNO2/c1-20-14-7-4-11(8-13(14)17)15(19)18-9-10-2-5-12(16)6-3-10/h2-8H,9H2,1H3,(H,18,19). The number of nitrogens with one attached hydrogen (secondary N) is 1. The zero-order chi connectivity index (χ0) is 14.5. The first-order valence-electron chi connectivity index (χ1n) is 5.96. The molecule has 3 nitrogen and oxygen atoms in total. The summed E-state index contributed by atoms with van der Waals surface area (Å²) in [6.45, 7) is 0.468. The molecule has 5 heteroatoms. The minimum absolute atomic E-state index is 0.169. The lowest BCUT2D eigenvalue weighted by molar-refractivity contribution is 0.0951. The van der Waals surface area contributed by atoms with E-state index in [1.807, 2.05) is 24.3 Å². The highest BCUT2D eigenvalue weighted by atomic mass is 79.9. The first-order chi connectivity index (χ1) is 9.60. The maximum atomic E-state index is 12.0. The third-order valence-electron chi connectivity index (χ3n) is 2.78. The predicted molar refractivity (Wildman–Crippen MR) is 83.3 cm³/mol. The molecule has 0 atom stereocenters. The van der Waals surface area contributed by atoms with Crippen molar-refractivity contribution < 1.29 is 9.53 Å². The molecule has 0 saturated heterocycles. The van der Waals surface area contributed by atoms with Crippen molar-refractivity contribution in [2.75, 3.05) is 7.11 Å². The summed E-state index contributed by atoms with van der Waals surface area (Å²) in [5.74, 6) is 0.383. The van der Waals surface area contributed by atoms with Crippen LogP contribution in [0.15, 0.2) is 46.9 Å². The molecule has 0 heterocycles. The third-order valence-corrected chi connectivity index (χ3v) is 3.60. The summed E-state index contributed by atoms with van der Waals surface area (Å²) in [6.07, 6.45) is 0. The Hall–Kier alpha value is -1.52. The number of benzene rings is 2. The number of carbonyl (C=O) groups is 1. The van der Waals surface area contributed by atoms with Crippen molar-refractivity contribution >= 4 is 33.4 Å². The van der Waals surface area contributed by atoms with Crippen LogP contribution in [0.3, 0.4) is 0 Å². The van der Waals surface area contributed by atoms with E-state index in [0.717, 1.165) is 10.0 Å². The quantitative estimate of drug-likeness (QED) is 0.900. The van der Waals surface area contributed by atoms with E-state index in [4.69, 9.17) is 16.3 Å². The smallest absolute Gasteiger partial charge is 0.251 e. The van der Waals surface area contributed by atoms with Gasteiger partial charge in [-0.1, -0.05) is 39.7 Å². The van der Waals surface area contributed by atoms with Crippen LogP contribution in [0.1, 0.15) is 15.9 Å². The Labute approximate surface area is 131 Å². The van der Waals surface area contributed by atoms with Gasteiger partial charge in [-0.2, -0.15) is 0 Å². The second-order valence-corrected chi connectivity index (χ2v) is 5.48. The zero-order valence-electron chi connectivity index (χ0n) is 10.8. The molecule has 20 heavy (non-hydrogen) atoms. The van der Waals surface area contributed by atoms with Crippen molar-refractivity contribution in [2.24, 2.45) is 0 Å². The van der Waals surface area contributed by atoms with Crippen LogP contribution in [0.4, 0.5) is 0 Å². The van der Waals surface area contributed by atoms with Crippen LogP contribution >= 0.6 is 27.5 Å². The first kappa shape index (κ1) is 14.9. The summed E-state index contributed by atoms with van der Waals surface area (Å²) in [5.41, 5.74) is 1.54. The topological polar surface area (TPSA) is 38.3 Å². The number of hydrogen-bond donors (Lipinski definition) is 1. The minimum Gasteiger partial charge on any atom is -0.495 e. The van der Waals surface area contributed by atoms with Crippen LogP contribution in [0, 0.1) is 0 Å². The maximum Gasteiger partial charge on any atom is 0.251 e. The molecule has 0 saturated carbocycles. The van der Waals surface area contributed by atoms with E-state index in [0.29, 0.717) is 22.9 Å². The minimum atomic E-state index is -0.169. The van der Waals surface area contributed by atoms with Crippen molar-refractivity contribution in [3.8, 4) is 5.75 Å². The van der Waals surface area contributed by atoms with Gasteiger partial charge in [0.1, 0.15) is 5.75 Å². The summed E-state index contributed by atoms with van der Waals surface area (Å²) >= 11 is 9.37. The van der Waals surface area contributed by atoms with E-state index in [1.54, 1.807) is 18.2 Å². The molecule has 2 aromatic rings. The highest BCUT2D eigenvalue weighted by molar-refractivity contribution is 9.10. The van der Waals surface area contributed by atoms with Crippen molar-refractivity contribution in [3.05, 3.63) is 63.1 Å². The Morgan fingerprint density at radius 3 is 2.55 bits per heavy atom. The monoisotopic (exact) mass is 353 g/mol. The average molecular weight is 355 g/mol. The van der Waals surface area contributed by atoms with Crippen LogP contribution in [0.2, 0.25) is 5.02 Å². The number of halogens is 2. The van der Waals surface area contributed by atoms with Gasteiger partial charge < -0.3 is 10.1 Å². The summed E-state index contributed by atoms with van der Waals surface area (Å²) < 4.78 is 6.06. The van der Waals surface area contributed by atoms with Gasteiger partial charge in [0.25, 0.3) is 5.91 Å². The molecule has 0 aliphatic heterocycles. The van der Waals surface area contributed by atoms with Gasteiger partial charge in [-0.15, -0.1) is 0 Å². The van der Waals surface area contributed by atoms with E-state index in [9.17, 15) is 4.79 Å². The molecule has 0 bridgehead atoms. The third kappa shape index (κ3) is 3.74. The van der Waals surface area contributed by atoms with Crippen molar-refractivity contribution in [1.82, 2.24) is 5.32 Å². The van der Waals surface area contributed by atoms with Gasteiger partial charge >= 0.3 is 0 Å². The SMILES string of the molecule is COc1ccc(C(=O)NCc2ccc(Br)cc2)cc1Cl. The number of carbonyl (C=O) groups excluding carboxylic acids is 1. The summed E-state index contributed by atoms with van der Waals surface area (Å²) in [6, 6.07) is 12.7. The second kappa shape index (κ2) is 6.77. The van der Waals surface area contributed by atoms with Crippen LogP contribution in [0.25, 0.3) is 0 Å². The van der Waals surface area contributed by atoms with E-state index in [-0.39, 0.29) is 5.91 Å². The maximum absolute atomic E-state index is 12.0. The number of methoxy groups -OCH3 is 1. The van der Waals surface area contributed by atoms with Gasteiger partial charge in [0.05, 0.1) is 12.1 Å². The van der Waals surface area contributed by atoms with E-state index < -0.39 is 0 Å². The Morgan fingerprint density at radius 1 is 1.25 bits per heavy atom. The molecule has 0 unspecified atom stereocenters. The lowest BCUT2D eigenvalue weighted by atomic mass is 10.2. The van der Waals surface area contributed by atoms with E-state index in [1.165, 1.54) is 7.11 Å². The highest BCUT2D eigenvalue weighted by Crippen LogP contribution is 2.24. The van der Waals surface area contributed by atoms with Gasteiger partial charge in [0.15, 0.2) is 0 Å². The Balaban J connectivity index is 2.01. The van der Waals surface area contributed by atoms with E-state index in [2.05, 4.69) is 21.2 Å². The fraction of sp³-hybridized carbons (Fsp3) is 0.133. The molecule has 0 spiro atoms. The second-order valence-electron chi connectivity index (χ2n) is 4.16. The average Bonchev–Trinajstić information content (AvgIpc) is 2.46. The zero-order valence-corrected chi connectivity index (χ0v) is 13.2. The molecule has 0 radical (unpaired) electrons. The van der Waals surface area contributed by atoms with Crippen LogP contribution < -0.4 is 10.1 Å². The van der Waals surface area contributed by atoms with Crippen LogP contribution in [-0.4, -0.2) is 13.0 Å². The van der Waals surface area contributed by atoms with Crippen molar-refractivity contribution in [1.29, 1.82) is 0 Å². The molecule has 1 amide bonds. The van der Waals surface area contributed by atoms with Crippen molar-refractivity contribution in [3.63, 3.8) is 0 Å². The normalized spacial score (nSPS) is 10.2. The Morgan fingerprint density at radius 2 is 1.95 bits per heavy atom. The lowest BCUT2D eigenvalue weighted by Crippen LogP contribution is -2.22. The molecule has 0 aliphatic rings. The highest BCUT2D eigenvalue weighted by Gasteiger charge is 2.08. The largest absolute Gasteiger partial charge is 0.495 e. The van der Waals surface area contributed by atoms with Gasteiger partial charge in [0.2, 0.25) is 0 Å². The van der Waals surface area contributed by atoms with Gasteiger partial charge in [-0.25, -0.2) is 0 Å². The molecule has 2 aromatic carbocycles. The Kier molecular flexibility index (Phi) is 5.04. The molecule has 2 rings (SSSR count). The van der Waals surface area contributed by atoms with Crippen LogP contribution in [0.5, 0.6) is 5.75 Å². The van der Waals surface area contributed by atoms with Gasteiger partial charge in [0, 0.05) is 16.6 Å². The molecule has 1 N–H and O–H groups in total. The summed E-state index contributed by atoms with van der Waals surface area (Å²) in [5, 5.41) is 3.27. The molecular formula is C15H13BrClNO2. The van der Waals surface area contributed by atoms with Crippen LogP contribution in [-0.2, 0) is 6.54 Å². The first-order valence-corrected chi connectivity index (χ1v) is 7.13. The molecular weight excluding hydrogens is 342 g/mol. The number of rotatable bonds is 4. The number of amides is 1. The summed E-state index contributed by atoms with van der Waals surface area (Å²) in [7, 11) is 1.54. The predicted octanol–water partition coefficient (Wildman–Crippen LogP) is 4.04. The van der Waals surface area contributed by atoms with Gasteiger partial charge in [-0.3, -0.25) is 4.79 Å². The van der Waals surface area contributed by atoms with Gasteiger partial charge in [-0.05, 0) is 35.9 Å². The molecule has 0 fully saturated rings. The Bertz CT molecular complexity index is 614.